The molecule has 0 amide bonds. The Balaban J connectivity index is 0. The third kappa shape index (κ3) is 13.2. The van der Waals surface area contributed by atoms with Gasteiger partial charge in [0.15, 0.2) is 0 Å². The van der Waals surface area contributed by atoms with Gasteiger partial charge in [-0.3, -0.25) is 4.79 Å². The van der Waals surface area contributed by atoms with Crippen molar-refractivity contribution in [1.29, 1.82) is 0 Å². The third-order valence-corrected chi connectivity index (χ3v) is 3.96. The molecule has 1 fully saturated rings. The van der Waals surface area contributed by atoms with Crippen molar-refractivity contribution in [3.63, 3.8) is 0 Å². The smallest absolute Gasteiger partial charge is 0.451 e. The first-order chi connectivity index (χ1) is 10.9. The van der Waals surface area contributed by atoms with Gasteiger partial charge in [0.2, 0.25) is 0 Å². The molecular weight excluding hydrogens is 315 g/mol. The average Bonchev–Trinajstić information content (AvgIpc) is 2.50. The van der Waals surface area contributed by atoms with Crippen LogP contribution in [0.25, 0.3) is 0 Å². The maximum Gasteiger partial charge on any atom is 0.451 e. The highest BCUT2D eigenvalue weighted by Gasteiger charge is 2.25. The van der Waals surface area contributed by atoms with Crippen LogP contribution in [0.5, 0.6) is 0 Å². The van der Waals surface area contributed by atoms with Crippen LogP contribution in [0.15, 0.2) is 0 Å². The minimum Gasteiger partial charge on any atom is -0.481 e. The molecule has 0 radical (unpaired) electrons. The highest BCUT2D eigenvalue weighted by Crippen LogP contribution is 2.17. The van der Waals surface area contributed by atoms with Crippen molar-refractivity contribution in [2.75, 3.05) is 19.6 Å². The number of carbonyl (C=O) groups is 1. The molecule has 1 aliphatic rings. The summed E-state index contributed by atoms with van der Waals surface area (Å²) in [7, 11) is -1.22. The highest BCUT2D eigenvalue weighted by atomic mass is 16.4. The normalized spacial score (nSPS) is 18.4. The Hall–Kier alpha value is -1.25. The van der Waals surface area contributed by atoms with Gasteiger partial charge in [0, 0.05) is 12.6 Å². The minimum absolute atomic E-state index is 0. The highest BCUT2D eigenvalue weighted by molar-refractivity contribution is 6.40. The second-order valence-corrected chi connectivity index (χ2v) is 5.88. The molecule has 1 unspecified atom stereocenters. The zero-order chi connectivity index (χ0) is 17.7. The number of unbranched alkanes of at least 4 members (excludes halogenated alkanes) is 1. The van der Waals surface area contributed by atoms with Crippen LogP contribution in [-0.2, 0) is 14.4 Å². The quantitative estimate of drug-likeness (QED) is 0.343. The van der Waals surface area contributed by atoms with E-state index in [-0.39, 0.29) is 25.5 Å². The molecule has 0 aromatic heterocycles. The fourth-order valence-electron chi connectivity index (χ4n) is 2.69. The number of nitrogens with zero attached hydrogens (tertiary/aromatic N) is 1. The van der Waals surface area contributed by atoms with E-state index in [9.17, 15) is 4.79 Å². The molecule has 8 nitrogen and oxygen atoms in total. The fraction of sp³-hybridized carbons (Fsp3) is 0.867. The molecular formula is C15H31BN2O6. The first kappa shape index (κ1) is 25.0. The fourth-order valence-corrected chi connectivity index (χ4v) is 2.69. The van der Waals surface area contributed by atoms with E-state index in [4.69, 9.17) is 30.5 Å². The average molecular weight is 346 g/mol. The molecule has 5 N–H and O–H groups in total. The zero-order valence-electron chi connectivity index (χ0n) is 13.4. The molecule has 0 saturated carbocycles. The number of piperidine rings is 1. The van der Waals surface area contributed by atoms with Gasteiger partial charge < -0.3 is 25.8 Å². The number of carboxylic acid groups (broad SMARTS) is 1. The van der Waals surface area contributed by atoms with Crippen molar-refractivity contribution < 1.29 is 29.5 Å². The second kappa shape index (κ2) is 15.3. The Bertz CT molecular complexity index is 364. The summed E-state index contributed by atoms with van der Waals surface area (Å²) in [6, 6.07) is 0.107. The summed E-state index contributed by atoms with van der Waals surface area (Å²) < 4.78 is 0. The van der Waals surface area contributed by atoms with Crippen molar-refractivity contribution in [3.8, 4) is 0 Å². The van der Waals surface area contributed by atoms with Crippen LogP contribution in [-0.4, -0.2) is 65.0 Å². The number of nitrogens with two attached hydrogens (primary N) is 1. The van der Waals surface area contributed by atoms with E-state index in [1.54, 1.807) is 0 Å². The maximum absolute atomic E-state index is 11.0. The van der Waals surface area contributed by atoms with Crippen LogP contribution < -0.4 is 5.73 Å². The van der Waals surface area contributed by atoms with Crippen molar-refractivity contribution in [3.05, 3.63) is 0 Å². The predicted molar refractivity (Wildman–Crippen MR) is 90.0 cm³/mol. The lowest BCUT2D eigenvalue weighted by Crippen LogP contribution is -2.40. The van der Waals surface area contributed by atoms with E-state index in [1.807, 2.05) is 0 Å². The number of carbonyl (C=O) groups excluding carboxylic acids is 2. The molecule has 1 saturated heterocycles. The summed E-state index contributed by atoms with van der Waals surface area (Å²) in [6.07, 6.45) is 5.80. The van der Waals surface area contributed by atoms with Crippen LogP contribution in [0.4, 0.5) is 0 Å². The van der Waals surface area contributed by atoms with E-state index < -0.39 is 13.1 Å². The molecule has 1 rings (SSSR count). The minimum atomic E-state index is -1.22. The summed E-state index contributed by atoms with van der Waals surface area (Å²) in [6.45, 7) is 2.46. The van der Waals surface area contributed by atoms with Crippen LogP contribution >= 0.6 is 0 Å². The lowest BCUT2D eigenvalue weighted by atomic mass is 9.83. The van der Waals surface area contributed by atoms with Crippen molar-refractivity contribution in [1.82, 2.24) is 4.90 Å². The van der Waals surface area contributed by atoms with Gasteiger partial charge in [-0.1, -0.05) is 20.3 Å². The Morgan fingerprint density at radius 3 is 2.46 bits per heavy atom. The number of hydrogen-bond donors (Lipinski definition) is 4. The Morgan fingerprint density at radius 2 is 1.92 bits per heavy atom. The summed E-state index contributed by atoms with van der Waals surface area (Å²) in [5, 5.41) is 26.5. The van der Waals surface area contributed by atoms with Gasteiger partial charge in [-0.2, -0.15) is 9.59 Å². The van der Waals surface area contributed by atoms with E-state index in [0.717, 1.165) is 51.6 Å². The van der Waals surface area contributed by atoms with Gasteiger partial charge in [-0.15, -0.1) is 0 Å². The van der Waals surface area contributed by atoms with Gasteiger partial charge in [0.1, 0.15) is 0 Å². The number of rotatable bonds is 9. The number of aliphatic carboxylic acids is 1. The predicted octanol–water partition coefficient (Wildman–Crippen LogP) is 0.196. The van der Waals surface area contributed by atoms with Gasteiger partial charge in [-0.25, -0.2) is 0 Å². The number of likely N-dealkylation sites (tertiary alicyclic amines) is 1. The largest absolute Gasteiger partial charge is 0.481 e. The lowest BCUT2D eigenvalue weighted by molar-refractivity contribution is -0.191. The summed E-state index contributed by atoms with van der Waals surface area (Å²) in [4.78, 5) is 29.4. The second-order valence-electron chi connectivity index (χ2n) is 5.88. The molecule has 0 bridgehead atoms. The SMILES string of the molecule is C.NC(CCCCB(O)O)CCN1CCC[C@H](C(=O)O)C1.O=C=O. The lowest BCUT2D eigenvalue weighted by Gasteiger charge is -2.31. The van der Waals surface area contributed by atoms with Crippen LogP contribution in [0.3, 0.4) is 0 Å². The Kier molecular flexibility index (Phi) is 15.9. The Morgan fingerprint density at radius 1 is 1.29 bits per heavy atom. The van der Waals surface area contributed by atoms with Gasteiger partial charge in [0.25, 0.3) is 0 Å². The van der Waals surface area contributed by atoms with Crippen molar-refractivity contribution >= 4 is 19.2 Å². The molecule has 1 aliphatic heterocycles. The standard InChI is InChI=1S/C13H27BN2O4.CO2.CH4/c15-12(5-1-2-7-14(19)20)6-9-16-8-3-4-11(10-16)13(17)18;2-1-3;/h11-12,19-20H,1-10,15H2,(H,17,18);;1H4/t11-,12?;;/m0../s1. The summed E-state index contributed by atoms with van der Waals surface area (Å²) >= 11 is 0. The first-order valence-corrected chi connectivity index (χ1v) is 7.96. The monoisotopic (exact) mass is 346 g/mol. The van der Waals surface area contributed by atoms with E-state index >= 15 is 0 Å². The first-order valence-electron chi connectivity index (χ1n) is 7.96. The molecule has 1 heterocycles. The van der Waals surface area contributed by atoms with Crippen LogP contribution in [0.1, 0.15) is 46.0 Å². The van der Waals surface area contributed by atoms with E-state index in [0.29, 0.717) is 12.9 Å². The van der Waals surface area contributed by atoms with Gasteiger partial charge in [0.05, 0.1) is 5.92 Å². The van der Waals surface area contributed by atoms with E-state index in [2.05, 4.69) is 4.90 Å². The van der Waals surface area contributed by atoms with E-state index in [1.165, 1.54) is 0 Å². The molecule has 0 aromatic rings. The third-order valence-electron chi connectivity index (χ3n) is 3.96. The number of hydrogen-bond acceptors (Lipinski definition) is 7. The molecule has 9 heteroatoms. The van der Waals surface area contributed by atoms with Crippen molar-refractivity contribution in [2.45, 2.75) is 58.3 Å². The van der Waals surface area contributed by atoms with Crippen LogP contribution in [0.2, 0.25) is 6.32 Å². The molecule has 2 atom stereocenters. The van der Waals surface area contributed by atoms with Crippen LogP contribution in [0, 0.1) is 5.92 Å². The van der Waals surface area contributed by atoms with Gasteiger partial charge >= 0.3 is 19.2 Å². The molecule has 0 spiro atoms. The number of carboxylic acids is 1. The molecule has 0 aliphatic carbocycles. The van der Waals surface area contributed by atoms with Crippen molar-refractivity contribution in [2.24, 2.45) is 11.7 Å². The molecule has 0 aromatic carbocycles. The Labute approximate surface area is 144 Å². The topological polar surface area (TPSA) is 141 Å². The molecule has 140 valence electrons. The zero-order valence-corrected chi connectivity index (χ0v) is 13.4. The summed E-state index contributed by atoms with van der Waals surface area (Å²) in [5.74, 6) is -0.924. The maximum atomic E-state index is 11.0. The molecule has 24 heavy (non-hydrogen) atoms. The summed E-state index contributed by atoms with van der Waals surface area (Å²) in [5.41, 5.74) is 6.03. The van der Waals surface area contributed by atoms with Gasteiger partial charge in [-0.05, 0) is 45.1 Å².